The van der Waals surface area contributed by atoms with Gasteiger partial charge in [0.25, 0.3) is 0 Å². The molecule has 0 radical (unpaired) electrons. The maximum absolute atomic E-state index is 5.98. The van der Waals surface area contributed by atoms with Crippen molar-refractivity contribution >= 4 is 38.9 Å². The van der Waals surface area contributed by atoms with Gasteiger partial charge in [-0.05, 0) is 59.2 Å². The lowest BCUT2D eigenvalue weighted by Gasteiger charge is -2.09. The van der Waals surface area contributed by atoms with E-state index in [1.807, 2.05) is 41.0 Å². The number of aryl methyl sites for hydroxylation is 1. The molecule has 4 rings (SSSR count). The van der Waals surface area contributed by atoms with Gasteiger partial charge in [-0.1, -0.05) is 58.4 Å². The molecule has 0 spiro atoms. The van der Waals surface area contributed by atoms with Crippen LogP contribution in [0.1, 0.15) is 11.4 Å². The Morgan fingerprint density at radius 3 is 2.63 bits per heavy atom. The zero-order valence-corrected chi connectivity index (χ0v) is 17.0. The molecule has 0 saturated heterocycles. The fourth-order valence-electron chi connectivity index (χ4n) is 3.01. The first-order valence-corrected chi connectivity index (χ1v) is 9.89. The quantitative estimate of drug-likeness (QED) is 0.393. The smallest absolute Gasteiger partial charge is 0.195 e. The second-order valence-corrected chi connectivity index (χ2v) is 7.58. The van der Waals surface area contributed by atoms with Gasteiger partial charge in [-0.2, -0.15) is 5.10 Å². The van der Waals surface area contributed by atoms with E-state index < -0.39 is 0 Å². The summed E-state index contributed by atoms with van der Waals surface area (Å²) in [7, 11) is 0. The molecule has 136 valence electrons. The average Bonchev–Trinajstić information content (AvgIpc) is 3.05. The van der Waals surface area contributed by atoms with Crippen LogP contribution in [-0.4, -0.2) is 14.8 Å². The molecule has 27 heavy (non-hydrogen) atoms. The van der Waals surface area contributed by atoms with Crippen molar-refractivity contribution in [3.05, 3.63) is 87.4 Å². The Balaban J connectivity index is 1.47. The van der Waals surface area contributed by atoms with Gasteiger partial charge in [0.05, 0.1) is 0 Å². The molecule has 0 aliphatic heterocycles. The van der Waals surface area contributed by atoms with E-state index >= 15 is 0 Å². The lowest BCUT2D eigenvalue weighted by molar-refractivity contribution is 0.289. The van der Waals surface area contributed by atoms with E-state index in [-0.39, 0.29) is 0 Å². The normalized spacial score (nSPS) is 11.0. The summed E-state index contributed by atoms with van der Waals surface area (Å²) >= 11 is 8.88. The first-order valence-electron chi connectivity index (χ1n) is 8.69. The van der Waals surface area contributed by atoms with Crippen LogP contribution in [0.4, 0.5) is 0 Å². The molecule has 3 aromatic carbocycles. The van der Waals surface area contributed by atoms with Gasteiger partial charge in [0.2, 0.25) is 0 Å². The molecule has 4 nitrogen and oxygen atoms in total. The van der Waals surface area contributed by atoms with Crippen molar-refractivity contribution < 1.29 is 4.74 Å². The number of halogens is 1. The molecule has 0 saturated carbocycles. The second kappa shape index (κ2) is 8.06. The molecular weight excluding hydrogens is 422 g/mol. The predicted molar refractivity (Wildman–Crippen MR) is 114 cm³/mol. The molecule has 0 aliphatic carbocycles. The summed E-state index contributed by atoms with van der Waals surface area (Å²) in [4.78, 5) is 0. The van der Waals surface area contributed by atoms with E-state index in [1.165, 1.54) is 10.9 Å². The summed E-state index contributed by atoms with van der Waals surface area (Å²) in [6, 6.07) is 22.6. The highest BCUT2D eigenvalue weighted by Crippen LogP contribution is 2.24. The molecule has 0 unspecified atom stereocenters. The highest BCUT2D eigenvalue weighted by molar-refractivity contribution is 9.10. The minimum Gasteiger partial charge on any atom is -0.486 e. The third kappa shape index (κ3) is 4.28. The van der Waals surface area contributed by atoms with Gasteiger partial charge in [0, 0.05) is 11.0 Å². The number of ether oxygens (including phenoxy) is 1. The average molecular weight is 440 g/mol. The summed E-state index contributed by atoms with van der Waals surface area (Å²) in [5, 5.41) is 9.51. The van der Waals surface area contributed by atoms with Gasteiger partial charge in [-0.3, -0.25) is 5.10 Å². The van der Waals surface area contributed by atoms with Gasteiger partial charge in [0.1, 0.15) is 12.4 Å². The predicted octanol–water partition coefficient (Wildman–Crippen LogP) is 5.68. The number of nitrogens with zero attached hydrogens (tertiary/aromatic N) is 2. The second-order valence-electron chi connectivity index (χ2n) is 6.27. The van der Waals surface area contributed by atoms with Gasteiger partial charge >= 0.3 is 0 Å². The van der Waals surface area contributed by atoms with Crippen LogP contribution in [0, 0.1) is 4.77 Å². The largest absolute Gasteiger partial charge is 0.486 e. The first-order chi connectivity index (χ1) is 13.2. The lowest BCUT2D eigenvalue weighted by Crippen LogP contribution is -2.09. The van der Waals surface area contributed by atoms with Crippen LogP contribution in [0.2, 0.25) is 0 Å². The summed E-state index contributed by atoms with van der Waals surface area (Å²) in [5.74, 6) is 1.61. The molecule has 0 aliphatic rings. The topological polar surface area (TPSA) is 42.8 Å². The van der Waals surface area contributed by atoms with Crippen LogP contribution < -0.4 is 4.74 Å². The lowest BCUT2D eigenvalue weighted by atomic mass is 10.1. The highest BCUT2D eigenvalue weighted by Gasteiger charge is 2.08. The van der Waals surface area contributed by atoms with Gasteiger partial charge < -0.3 is 9.30 Å². The Hall–Kier alpha value is -2.44. The van der Waals surface area contributed by atoms with E-state index in [0.29, 0.717) is 11.4 Å². The van der Waals surface area contributed by atoms with Crippen LogP contribution in [0.15, 0.2) is 71.2 Å². The minimum absolute atomic E-state index is 0.365. The summed E-state index contributed by atoms with van der Waals surface area (Å²) in [5.41, 5.74) is 1.27. The molecule has 0 amide bonds. The van der Waals surface area contributed by atoms with Gasteiger partial charge in [-0.15, -0.1) is 0 Å². The maximum atomic E-state index is 5.98. The van der Waals surface area contributed by atoms with Crippen molar-refractivity contribution in [2.24, 2.45) is 0 Å². The van der Waals surface area contributed by atoms with Crippen LogP contribution >= 0.6 is 28.1 Å². The minimum atomic E-state index is 0.365. The number of fused-ring (bicyclic) bond motifs is 1. The third-order valence-corrected chi connectivity index (χ3v) is 5.25. The van der Waals surface area contributed by atoms with Crippen molar-refractivity contribution in [3.8, 4) is 5.75 Å². The Morgan fingerprint density at radius 2 is 1.78 bits per heavy atom. The number of hydrogen-bond acceptors (Lipinski definition) is 3. The molecule has 6 heteroatoms. The molecule has 1 N–H and O–H groups in total. The van der Waals surface area contributed by atoms with Crippen molar-refractivity contribution in [1.82, 2.24) is 14.8 Å². The number of nitrogens with one attached hydrogen (secondary N) is 1. The fourth-order valence-corrected chi connectivity index (χ4v) is 3.63. The number of hydrogen-bond donors (Lipinski definition) is 1. The fraction of sp³-hybridized carbons (Fsp3) is 0.143. The molecule has 0 fully saturated rings. The van der Waals surface area contributed by atoms with E-state index in [1.54, 1.807) is 0 Å². The van der Waals surface area contributed by atoms with Gasteiger partial charge in [0.15, 0.2) is 10.6 Å². The van der Waals surface area contributed by atoms with Crippen molar-refractivity contribution in [3.63, 3.8) is 0 Å². The summed E-state index contributed by atoms with van der Waals surface area (Å²) in [6.07, 6.45) is 0.895. The zero-order chi connectivity index (χ0) is 18.6. The summed E-state index contributed by atoms with van der Waals surface area (Å²) in [6.45, 7) is 1.13. The Kier molecular flexibility index (Phi) is 5.36. The molecule has 0 bridgehead atoms. The Bertz CT molecular complexity index is 1120. The first kappa shape index (κ1) is 17.9. The monoisotopic (exact) mass is 439 g/mol. The SMILES string of the molecule is S=c1[nH]nc(COc2ccc3cc(Br)ccc3c2)n1CCc1ccccc1. The van der Waals surface area contributed by atoms with Crippen LogP contribution in [-0.2, 0) is 19.6 Å². The number of rotatable bonds is 6. The standard InChI is InChI=1S/C21H18BrN3OS/c22-18-8-6-17-13-19(9-7-16(17)12-18)26-14-20-23-24-21(27)25(20)11-10-15-4-2-1-3-5-15/h1-9,12-13H,10-11,14H2,(H,24,27). The van der Waals surface area contributed by atoms with Crippen molar-refractivity contribution in [2.45, 2.75) is 19.6 Å². The van der Waals surface area contributed by atoms with Crippen LogP contribution in [0.3, 0.4) is 0 Å². The Morgan fingerprint density at radius 1 is 1.00 bits per heavy atom. The summed E-state index contributed by atoms with van der Waals surface area (Å²) < 4.78 is 9.66. The number of aromatic nitrogens is 3. The molecule has 1 aromatic heterocycles. The zero-order valence-electron chi connectivity index (χ0n) is 14.6. The van der Waals surface area contributed by atoms with E-state index in [2.05, 4.69) is 56.5 Å². The van der Waals surface area contributed by atoms with Crippen LogP contribution in [0.5, 0.6) is 5.75 Å². The molecular formula is C21H18BrN3OS. The Labute approximate surface area is 170 Å². The van der Waals surface area contributed by atoms with Crippen LogP contribution in [0.25, 0.3) is 10.8 Å². The van der Waals surface area contributed by atoms with E-state index in [0.717, 1.165) is 34.4 Å². The highest BCUT2D eigenvalue weighted by atomic mass is 79.9. The number of H-pyrrole nitrogens is 1. The van der Waals surface area contributed by atoms with E-state index in [9.17, 15) is 0 Å². The number of benzene rings is 3. The third-order valence-electron chi connectivity index (χ3n) is 4.45. The molecule has 1 heterocycles. The maximum Gasteiger partial charge on any atom is 0.195 e. The number of aromatic amines is 1. The van der Waals surface area contributed by atoms with Gasteiger partial charge in [-0.25, -0.2) is 0 Å². The van der Waals surface area contributed by atoms with Crippen molar-refractivity contribution in [2.75, 3.05) is 0 Å². The van der Waals surface area contributed by atoms with Crippen molar-refractivity contribution in [1.29, 1.82) is 0 Å². The molecule has 0 atom stereocenters. The van der Waals surface area contributed by atoms with E-state index in [4.69, 9.17) is 17.0 Å². The molecule has 4 aromatic rings.